The van der Waals surface area contributed by atoms with Gasteiger partial charge in [-0.3, -0.25) is 0 Å². The summed E-state index contributed by atoms with van der Waals surface area (Å²) in [7, 11) is 2.31. The van der Waals surface area contributed by atoms with Crippen LogP contribution < -0.4 is 5.32 Å². The second-order valence-corrected chi connectivity index (χ2v) is 5.36. The zero-order chi connectivity index (χ0) is 11.2. The number of nitrogens with zero attached hydrogens (tertiary/aromatic N) is 2. The Morgan fingerprint density at radius 2 is 1.81 bits per heavy atom. The van der Waals surface area contributed by atoms with Crippen molar-refractivity contribution in [3.05, 3.63) is 0 Å². The SMILES string of the molecule is CN(CCN1CCCCC1)C1CCNCC1. The lowest BCUT2D eigenvalue weighted by Crippen LogP contribution is -2.44. The minimum absolute atomic E-state index is 0.825. The third kappa shape index (κ3) is 3.72. The first-order valence-electron chi connectivity index (χ1n) is 6.99. The molecule has 0 saturated carbocycles. The molecule has 3 heteroatoms. The Labute approximate surface area is 100 Å². The van der Waals surface area contributed by atoms with Crippen LogP contribution in [0.3, 0.4) is 0 Å². The van der Waals surface area contributed by atoms with E-state index in [0.29, 0.717) is 0 Å². The van der Waals surface area contributed by atoms with Gasteiger partial charge in [-0.25, -0.2) is 0 Å². The molecular formula is C13H27N3. The van der Waals surface area contributed by atoms with Crippen LogP contribution in [0.15, 0.2) is 0 Å². The van der Waals surface area contributed by atoms with Crippen molar-refractivity contribution in [1.29, 1.82) is 0 Å². The number of likely N-dealkylation sites (tertiary alicyclic amines) is 1. The summed E-state index contributed by atoms with van der Waals surface area (Å²) in [6.45, 7) is 7.61. The minimum Gasteiger partial charge on any atom is -0.317 e. The van der Waals surface area contributed by atoms with E-state index in [4.69, 9.17) is 0 Å². The molecule has 94 valence electrons. The maximum absolute atomic E-state index is 3.44. The van der Waals surface area contributed by atoms with Gasteiger partial charge >= 0.3 is 0 Å². The number of hydrogen-bond donors (Lipinski definition) is 1. The van der Waals surface area contributed by atoms with Crippen molar-refractivity contribution in [3.8, 4) is 0 Å². The topological polar surface area (TPSA) is 18.5 Å². The molecule has 0 radical (unpaired) electrons. The Bertz CT molecular complexity index is 184. The Morgan fingerprint density at radius 3 is 2.50 bits per heavy atom. The molecular weight excluding hydrogens is 198 g/mol. The average molecular weight is 225 g/mol. The van der Waals surface area contributed by atoms with E-state index in [1.165, 1.54) is 71.4 Å². The lowest BCUT2D eigenvalue weighted by atomic mass is 10.1. The van der Waals surface area contributed by atoms with Crippen LogP contribution in [0.4, 0.5) is 0 Å². The molecule has 16 heavy (non-hydrogen) atoms. The molecule has 0 amide bonds. The van der Waals surface area contributed by atoms with Gasteiger partial charge in [0.1, 0.15) is 0 Å². The summed E-state index contributed by atoms with van der Waals surface area (Å²) in [4.78, 5) is 5.22. The van der Waals surface area contributed by atoms with Gasteiger partial charge in [-0.2, -0.15) is 0 Å². The maximum atomic E-state index is 3.44. The first kappa shape index (κ1) is 12.3. The van der Waals surface area contributed by atoms with Crippen LogP contribution in [0.5, 0.6) is 0 Å². The van der Waals surface area contributed by atoms with Crippen LogP contribution in [0.25, 0.3) is 0 Å². The molecule has 0 aromatic carbocycles. The summed E-state index contributed by atoms with van der Waals surface area (Å²) in [5.41, 5.74) is 0. The molecule has 0 atom stereocenters. The number of nitrogens with one attached hydrogen (secondary N) is 1. The van der Waals surface area contributed by atoms with Gasteiger partial charge in [0, 0.05) is 19.1 Å². The summed E-state index contributed by atoms with van der Waals surface area (Å²) < 4.78 is 0. The fourth-order valence-corrected chi connectivity index (χ4v) is 2.91. The van der Waals surface area contributed by atoms with Gasteiger partial charge in [-0.05, 0) is 58.9 Å². The van der Waals surface area contributed by atoms with Gasteiger partial charge in [0.15, 0.2) is 0 Å². The molecule has 0 spiro atoms. The number of likely N-dealkylation sites (N-methyl/N-ethyl adjacent to an activating group) is 1. The second kappa shape index (κ2) is 6.58. The molecule has 2 fully saturated rings. The Morgan fingerprint density at radius 1 is 1.12 bits per heavy atom. The third-order valence-electron chi connectivity index (χ3n) is 4.15. The highest BCUT2D eigenvalue weighted by Crippen LogP contribution is 2.11. The van der Waals surface area contributed by atoms with E-state index in [0.717, 1.165) is 6.04 Å². The quantitative estimate of drug-likeness (QED) is 0.774. The predicted molar refractivity (Wildman–Crippen MR) is 68.8 cm³/mol. The molecule has 0 aromatic heterocycles. The van der Waals surface area contributed by atoms with Crippen molar-refractivity contribution < 1.29 is 0 Å². The van der Waals surface area contributed by atoms with Crippen LogP contribution >= 0.6 is 0 Å². The fraction of sp³-hybridized carbons (Fsp3) is 1.00. The van der Waals surface area contributed by atoms with E-state index in [1.54, 1.807) is 0 Å². The zero-order valence-corrected chi connectivity index (χ0v) is 10.7. The summed E-state index contributed by atoms with van der Waals surface area (Å²) in [6.07, 6.45) is 6.93. The maximum Gasteiger partial charge on any atom is 0.0117 e. The van der Waals surface area contributed by atoms with E-state index in [2.05, 4.69) is 22.2 Å². The van der Waals surface area contributed by atoms with Crippen LogP contribution in [0.1, 0.15) is 32.1 Å². The summed E-state index contributed by atoms with van der Waals surface area (Å²) in [6, 6.07) is 0.825. The van der Waals surface area contributed by atoms with Gasteiger partial charge in [0.05, 0.1) is 0 Å². The Balaban J connectivity index is 1.63. The average Bonchev–Trinajstić information content (AvgIpc) is 2.38. The van der Waals surface area contributed by atoms with Crippen LogP contribution in [-0.4, -0.2) is 62.2 Å². The highest BCUT2D eigenvalue weighted by molar-refractivity contribution is 4.76. The van der Waals surface area contributed by atoms with E-state index in [9.17, 15) is 0 Å². The molecule has 2 aliphatic heterocycles. The van der Waals surface area contributed by atoms with Crippen molar-refractivity contribution in [2.45, 2.75) is 38.1 Å². The summed E-state index contributed by atoms with van der Waals surface area (Å²) in [5, 5.41) is 3.44. The van der Waals surface area contributed by atoms with E-state index < -0.39 is 0 Å². The van der Waals surface area contributed by atoms with Gasteiger partial charge in [-0.1, -0.05) is 6.42 Å². The normalized spacial score (nSPS) is 25.1. The fourth-order valence-electron chi connectivity index (χ4n) is 2.91. The van der Waals surface area contributed by atoms with Gasteiger partial charge in [0.2, 0.25) is 0 Å². The summed E-state index contributed by atoms with van der Waals surface area (Å²) in [5.74, 6) is 0. The van der Waals surface area contributed by atoms with Gasteiger partial charge in [0.25, 0.3) is 0 Å². The molecule has 1 N–H and O–H groups in total. The number of hydrogen-bond acceptors (Lipinski definition) is 3. The standard InChI is InChI=1S/C13H27N3/c1-15(13-5-7-14-8-6-13)11-12-16-9-3-2-4-10-16/h13-14H,2-12H2,1H3. The van der Waals surface area contributed by atoms with Gasteiger partial charge in [-0.15, -0.1) is 0 Å². The van der Waals surface area contributed by atoms with Crippen molar-refractivity contribution in [3.63, 3.8) is 0 Å². The first-order valence-corrected chi connectivity index (χ1v) is 6.99. The number of piperidine rings is 2. The Hall–Kier alpha value is -0.120. The molecule has 0 aliphatic carbocycles. The molecule has 0 bridgehead atoms. The van der Waals surface area contributed by atoms with Crippen LogP contribution in [0, 0.1) is 0 Å². The molecule has 0 unspecified atom stereocenters. The van der Waals surface area contributed by atoms with E-state index >= 15 is 0 Å². The molecule has 3 nitrogen and oxygen atoms in total. The zero-order valence-electron chi connectivity index (χ0n) is 10.7. The lowest BCUT2D eigenvalue weighted by molar-refractivity contribution is 0.153. The molecule has 2 rings (SSSR count). The summed E-state index contributed by atoms with van der Waals surface area (Å²) >= 11 is 0. The van der Waals surface area contributed by atoms with Crippen molar-refractivity contribution >= 4 is 0 Å². The largest absolute Gasteiger partial charge is 0.317 e. The molecule has 2 aliphatic rings. The van der Waals surface area contributed by atoms with Crippen molar-refractivity contribution in [2.24, 2.45) is 0 Å². The molecule has 0 aromatic rings. The van der Waals surface area contributed by atoms with Crippen molar-refractivity contribution in [1.82, 2.24) is 15.1 Å². The van der Waals surface area contributed by atoms with Crippen LogP contribution in [-0.2, 0) is 0 Å². The van der Waals surface area contributed by atoms with Gasteiger partial charge < -0.3 is 15.1 Å². The lowest BCUT2D eigenvalue weighted by Gasteiger charge is -2.34. The predicted octanol–water partition coefficient (Wildman–Crippen LogP) is 1.16. The smallest absolute Gasteiger partial charge is 0.0117 e. The Kier molecular flexibility index (Phi) is 5.07. The van der Waals surface area contributed by atoms with E-state index in [1.807, 2.05) is 0 Å². The third-order valence-corrected chi connectivity index (χ3v) is 4.15. The van der Waals surface area contributed by atoms with E-state index in [-0.39, 0.29) is 0 Å². The monoisotopic (exact) mass is 225 g/mol. The van der Waals surface area contributed by atoms with Crippen LogP contribution in [0.2, 0.25) is 0 Å². The first-order chi connectivity index (χ1) is 7.86. The van der Waals surface area contributed by atoms with Crippen molar-refractivity contribution in [2.75, 3.05) is 46.3 Å². The highest BCUT2D eigenvalue weighted by atomic mass is 15.2. The second-order valence-electron chi connectivity index (χ2n) is 5.36. The molecule has 2 heterocycles. The highest BCUT2D eigenvalue weighted by Gasteiger charge is 2.18. The minimum atomic E-state index is 0.825. The number of rotatable bonds is 4. The molecule has 2 saturated heterocycles.